The van der Waals surface area contributed by atoms with Crippen LogP contribution in [0.1, 0.15) is 35.2 Å². The van der Waals surface area contributed by atoms with E-state index in [9.17, 15) is 8.42 Å². The van der Waals surface area contributed by atoms with Gasteiger partial charge in [-0.05, 0) is 43.5 Å². The van der Waals surface area contributed by atoms with Crippen LogP contribution in [0.4, 0.5) is 0 Å². The third-order valence-electron chi connectivity index (χ3n) is 4.77. The topological polar surface area (TPSA) is 89.7 Å². The average Bonchev–Trinajstić information content (AvgIpc) is 3.22. The third kappa shape index (κ3) is 4.00. The standard InChI is InChI=1S/C17H20ClN5O3S2/c1-11-8-13(5-6-14(11)18)26-10-15-21-23-16(19-20-17(23)27-15)12-4-3-7-22(9-12)28(2,24)25/h5-6,8,12H,3-4,7,9-10H2,1-2H3. The van der Waals surface area contributed by atoms with E-state index in [1.54, 1.807) is 10.6 Å². The Morgan fingerprint density at radius 1 is 1.36 bits per heavy atom. The highest BCUT2D eigenvalue weighted by Crippen LogP contribution is 2.29. The van der Waals surface area contributed by atoms with E-state index in [-0.39, 0.29) is 5.92 Å². The summed E-state index contributed by atoms with van der Waals surface area (Å²) < 4.78 is 32.8. The Balaban J connectivity index is 1.51. The fourth-order valence-electron chi connectivity index (χ4n) is 3.29. The number of hydrogen-bond donors (Lipinski definition) is 0. The summed E-state index contributed by atoms with van der Waals surface area (Å²) >= 11 is 7.45. The average molecular weight is 442 g/mol. The van der Waals surface area contributed by atoms with Gasteiger partial charge in [0.15, 0.2) is 10.8 Å². The van der Waals surface area contributed by atoms with E-state index < -0.39 is 10.0 Å². The van der Waals surface area contributed by atoms with Gasteiger partial charge in [0.2, 0.25) is 15.0 Å². The van der Waals surface area contributed by atoms with Crippen molar-refractivity contribution in [2.24, 2.45) is 0 Å². The van der Waals surface area contributed by atoms with Crippen LogP contribution in [0.5, 0.6) is 5.75 Å². The number of aryl methyl sites for hydroxylation is 1. The Morgan fingerprint density at radius 2 is 2.18 bits per heavy atom. The molecule has 11 heteroatoms. The van der Waals surface area contributed by atoms with E-state index in [2.05, 4.69) is 15.3 Å². The van der Waals surface area contributed by atoms with Gasteiger partial charge in [0.25, 0.3) is 0 Å². The van der Waals surface area contributed by atoms with Crippen molar-refractivity contribution >= 4 is 37.9 Å². The smallest absolute Gasteiger partial charge is 0.234 e. The lowest BCUT2D eigenvalue weighted by Crippen LogP contribution is -2.38. The van der Waals surface area contributed by atoms with Gasteiger partial charge in [-0.1, -0.05) is 22.9 Å². The molecule has 3 heterocycles. The number of ether oxygens (including phenoxy) is 1. The molecule has 3 aromatic rings. The van der Waals surface area contributed by atoms with E-state index in [1.807, 2.05) is 19.1 Å². The predicted octanol–water partition coefficient (Wildman–Crippen LogP) is 2.87. The molecule has 1 fully saturated rings. The highest BCUT2D eigenvalue weighted by atomic mass is 35.5. The first-order chi connectivity index (χ1) is 13.3. The second-order valence-electron chi connectivity index (χ2n) is 6.91. The molecule has 0 bridgehead atoms. The SMILES string of the molecule is Cc1cc(OCc2nn3c(C4CCCN(S(C)(=O)=O)C4)nnc3s2)ccc1Cl. The molecule has 0 saturated carbocycles. The Hall–Kier alpha value is -1.75. The van der Waals surface area contributed by atoms with Gasteiger partial charge < -0.3 is 4.74 Å². The Morgan fingerprint density at radius 3 is 2.93 bits per heavy atom. The highest BCUT2D eigenvalue weighted by molar-refractivity contribution is 7.88. The van der Waals surface area contributed by atoms with Crippen LogP contribution in [0.3, 0.4) is 0 Å². The number of hydrogen-bond acceptors (Lipinski definition) is 7. The van der Waals surface area contributed by atoms with Crippen LogP contribution in [0.25, 0.3) is 4.96 Å². The van der Waals surface area contributed by atoms with Crippen LogP contribution in [-0.2, 0) is 16.6 Å². The Labute approximate surface area is 172 Å². The number of nitrogens with zero attached hydrogens (tertiary/aromatic N) is 5. The molecule has 1 aromatic carbocycles. The van der Waals surface area contributed by atoms with Gasteiger partial charge in [-0.25, -0.2) is 12.7 Å². The quantitative estimate of drug-likeness (QED) is 0.604. The summed E-state index contributed by atoms with van der Waals surface area (Å²) in [5.41, 5.74) is 0.951. The summed E-state index contributed by atoms with van der Waals surface area (Å²) in [7, 11) is -3.22. The maximum atomic E-state index is 11.9. The van der Waals surface area contributed by atoms with Crippen molar-refractivity contribution in [3.63, 3.8) is 0 Å². The molecule has 8 nitrogen and oxygen atoms in total. The second kappa shape index (κ2) is 7.58. The summed E-state index contributed by atoms with van der Waals surface area (Å²) in [6, 6.07) is 5.51. The Bertz CT molecular complexity index is 1110. The fourth-order valence-corrected chi connectivity index (χ4v) is 5.07. The Kier molecular flexibility index (Phi) is 5.30. The second-order valence-corrected chi connectivity index (χ2v) is 10.3. The van der Waals surface area contributed by atoms with Crippen molar-refractivity contribution in [1.82, 2.24) is 24.1 Å². The molecule has 4 rings (SSSR count). The highest BCUT2D eigenvalue weighted by Gasteiger charge is 2.30. The lowest BCUT2D eigenvalue weighted by molar-refractivity contribution is 0.301. The molecule has 1 atom stereocenters. The van der Waals surface area contributed by atoms with Crippen molar-refractivity contribution in [2.45, 2.75) is 32.3 Å². The number of fused-ring (bicyclic) bond motifs is 1. The van der Waals surface area contributed by atoms with E-state index in [0.717, 1.165) is 29.2 Å². The molecule has 0 N–H and O–H groups in total. The van der Waals surface area contributed by atoms with Gasteiger partial charge in [-0.3, -0.25) is 0 Å². The largest absolute Gasteiger partial charge is 0.486 e. The monoisotopic (exact) mass is 441 g/mol. The fraction of sp³-hybridized carbons (Fsp3) is 0.471. The summed E-state index contributed by atoms with van der Waals surface area (Å²) in [4.78, 5) is 0.678. The van der Waals surface area contributed by atoms with Gasteiger partial charge >= 0.3 is 0 Å². The van der Waals surface area contributed by atoms with Crippen LogP contribution in [-0.4, -0.2) is 51.9 Å². The number of aromatic nitrogens is 4. The summed E-state index contributed by atoms with van der Waals surface area (Å²) in [5, 5.41) is 14.5. The molecule has 0 spiro atoms. The molecule has 28 heavy (non-hydrogen) atoms. The van der Waals surface area contributed by atoms with Crippen molar-refractivity contribution in [3.8, 4) is 5.75 Å². The first-order valence-electron chi connectivity index (χ1n) is 8.86. The summed E-state index contributed by atoms with van der Waals surface area (Å²) in [6.45, 7) is 3.20. The number of piperidine rings is 1. The predicted molar refractivity (Wildman–Crippen MR) is 108 cm³/mol. The van der Waals surface area contributed by atoms with Gasteiger partial charge in [-0.15, -0.1) is 10.2 Å². The molecule has 2 aromatic heterocycles. The van der Waals surface area contributed by atoms with Crippen molar-refractivity contribution in [1.29, 1.82) is 0 Å². The minimum Gasteiger partial charge on any atom is -0.486 e. The van der Waals surface area contributed by atoms with E-state index in [4.69, 9.17) is 16.3 Å². The molecular formula is C17H20ClN5O3S2. The van der Waals surface area contributed by atoms with Crippen molar-refractivity contribution < 1.29 is 13.2 Å². The van der Waals surface area contributed by atoms with Crippen LogP contribution >= 0.6 is 22.9 Å². The molecule has 1 unspecified atom stereocenters. The van der Waals surface area contributed by atoms with Gasteiger partial charge in [-0.2, -0.15) is 9.61 Å². The van der Waals surface area contributed by atoms with Crippen molar-refractivity contribution in [2.75, 3.05) is 19.3 Å². The first kappa shape index (κ1) is 19.6. The number of sulfonamides is 1. The zero-order valence-electron chi connectivity index (χ0n) is 15.5. The van der Waals surface area contributed by atoms with E-state index >= 15 is 0 Å². The normalized spacial score (nSPS) is 18.6. The molecule has 1 saturated heterocycles. The molecule has 1 aliphatic rings. The number of rotatable bonds is 5. The minimum absolute atomic E-state index is 0.0201. The van der Waals surface area contributed by atoms with Gasteiger partial charge in [0.1, 0.15) is 12.4 Å². The first-order valence-corrected chi connectivity index (χ1v) is 11.9. The molecule has 150 valence electrons. The zero-order chi connectivity index (χ0) is 19.9. The van der Waals surface area contributed by atoms with Crippen LogP contribution in [0.2, 0.25) is 5.02 Å². The third-order valence-corrected chi connectivity index (χ3v) is 7.33. The summed E-state index contributed by atoms with van der Waals surface area (Å²) in [5.74, 6) is 1.41. The van der Waals surface area contributed by atoms with Crippen LogP contribution in [0.15, 0.2) is 18.2 Å². The number of halogens is 1. The maximum Gasteiger partial charge on any atom is 0.234 e. The lowest BCUT2D eigenvalue weighted by atomic mass is 9.99. The van der Waals surface area contributed by atoms with Crippen LogP contribution in [0, 0.1) is 6.92 Å². The number of benzene rings is 1. The molecule has 0 amide bonds. The molecule has 0 radical (unpaired) electrons. The zero-order valence-corrected chi connectivity index (χ0v) is 17.9. The minimum atomic E-state index is -3.22. The molecule has 0 aliphatic carbocycles. The van der Waals surface area contributed by atoms with Gasteiger partial charge in [0.05, 0.1) is 6.26 Å². The van der Waals surface area contributed by atoms with Crippen LogP contribution < -0.4 is 4.74 Å². The van der Waals surface area contributed by atoms with E-state index in [1.165, 1.54) is 21.9 Å². The lowest BCUT2D eigenvalue weighted by Gasteiger charge is -2.29. The molecular weight excluding hydrogens is 422 g/mol. The van der Waals surface area contributed by atoms with Gasteiger partial charge in [0, 0.05) is 24.0 Å². The van der Waals surface area contributed by atoms with E-state index in [0.29, 0.717) is 35.5 Å². The molecule has 1 aliphatic heterocycles. The summed E-state index contributed by atoms with van der Waals surface area (Å²) in [6.07, 6.45) is 2.90. The van der Waals surface area contributed by atoms with Crippen molar-refractivity contribution in [3.05, 3.63) is 39.6 Å². The maximum absolute atomic E-state index is 11.9.